The van der Waals surface area contributed by atoms with Crippen LogP contribution < -0.4 is 5.32 Å². The number of rotatable bonds is 5. The molecule has 0 saturated heterocycles. The van der Waals surface area contributed by atoms with Crippen molar-refractivity contribution in [2.75, 3.05) is 5.32 Å². The molecule has 94 valence electrons. The molecule has 0 amide bonds. The molecule has 1 unspecified atom stereocenters. The Balaban J connectivity index is 3.08. The summed E-state index contributed by atoms with van der Waals surface area (Å²) in [5, 5.41) is 12.5. The van der Waals surface area contributed by atoms with Gasteiger partial charge in [0.25, 0.3) is 0 Å². The Hall–Kier alpha value is -1.51. The van der Waals surface area contributed by atoms with Crippen molar-refractivity contribution < 1.29 is 9.90 Å². The van der Waals surface area contributed by atoms with Crippen molar-refractivity contribution in [3.05, 3.63) is 28.8 Å². The number of aryl methyl sites for hydroxylation is 2. The number of carboxylic acid groups (broad SMARTS) is 1. The number of anilines is 1. The summed E-state index contributed by atoms with van der Waals surface area (Å²) >= 11 is 0. The Morgan fingerprint density at radius 1 is 1.41 bits per heavy atom. The molecule has 3 nitrogen and oxygen atoms in total. The van der Waals surface area contributed by atoms with Crippen LogP contribution in [0, 0.1) is 13.8 Å². The summed E-state index contributed by atoms with van der Waals surface area (Å²) in [4.78, 5) is 11.2. The molecule has 0 aliphatic rings. The van der Waals surface area contributed by atoms with E-state index in [1.165, 1.54) is 0 Å². The third-order valence-electron chi connectivity index (χ3n) is 2.82. The van der Waals surface area contributed by atoms with Crippen LogP contribution in [-0.2, 0) is 0 Å². The summed E-state index contributed by atoms with van der Waals surface area (Å²) in [6, 6.07) is 4.02. The van der Waals surface area contributed by atoms with Crippen LogP contribution in [-0.4, -0.2) is 17.1 Å². The first-order valence-electron chi connectivity index (χ1n) is 6.06. The van der Waals surface area contributed by atoms with E-state index in [1.54, 1.807) is 6.07 Å². The maximum atomic E-state index is 11.2. The molecular weight excluding hydrogens is 214 g/mol. The third-order valence-corrected chi connectivity index (χ3v) is 2.82. The number of hydrogen-bond donors (Lipinski definition) is 2. The van der Waals surface area contributed by atoms with E-state index in [1.807, 2.05) is 19.9 Å². The molecule has 1 atom stereocenters. The van der Waals surface area contributed by atoms with Crippen LogP contribution in [0.15, 0.2) is 12.1 Å². The molecule has 0 aliphatic heterocycles. The summed E-state index contributed by atoms with van der Waals surface area (Å²) in [5.41, 5.74) is 3.09. The van der Waals surface area contributed by atoms with Crippen LogP contribution in [0.3, 0.4) is 0 Å². The second-order valence-corrected chi connectivity index (χ2v) is 4.64. The number of hydrogen-bond acceptors (Lipinski definition) is 2. The summed E-state index contributed by atoms with van der Waals surface area (Å²) < 4.78 is 0. The SMILES string of the molecule is CCCC(C)Nc1c(C)cc(C)cc1C(=O)O. The quantitative estimate of drug-likeness (QED) is 0.819. The summed E-state index contributed by atoms with van der Waals surface area (Å²) in [6.07, 6.45) is 2.12. The van der Waals surface area contributed by atoms with Gasteiger partial charge in [-0.15, -0.1) is 0 Å². The van der Waals surface area contributed by atoms with Gasteiger partial charge in [-0.25, -0.2) is 4.79 Å². The maximum absolute atomic E-state index is 11.2. The minimum atomic E-state index is -0.872. The fraction of sp³-hybridized carbons (Fsp3) is 0.500. The predicted octanol–water partition coefficient (Wildman–Crippen LogP) is 3.60. The maximum Gasteiger partial charge on any atom is 0.337 e. The zero-order valence-corrected chi connectivity index (χ0v) is 11.0. The van der Waals surface area contributed by atoms with Crippen LogP contribution >= 0.6 is 0 Å². The van der Waals surface area contributed by atoms with Gasteiger partial charge in [0.1, 0.15) is 0 Å². The van der Waals surface area contributed by atoms with Gasteiger partial charge in [-0.2, -0.15) is 0 Å². The van der Waals surface area contributed by atoms with Crippen LogP contribution in [0.5, 0.6) is 0 Å². The summed E-state index contributed by atoms with van der Waals surface area (Å²) in [7, 11) is 0. The minimum absolute atomic E-state index is 0.291. The first-order chi connectivity index (χ1) is 7.95. The Morgan fingerprint density at radius 3 is 2.59 bits per heavy atom. The molecule has 1 rings (SSSR count). The first kappa shape index (κ1) is 13.6. The van der Waals surface area contributed by atoms with Crippen molar-refractivity contribution >= 4 is 11.7 Å². The van der Waals surface area contributed by atoms with Gasteiger partial charge < -0.3 is 10.4 Å². The lowest BCUT2D eigenvalue weighted by atomic mass is 10.0. The topological polar surface area (TPSA) is 49.3 Å². The Bertz CT molecular complexity index is 413. The number of carboxylic acids is 1. The van der Waals surface area contributed by atoms with E-state index >= 15 is 0 Å². The molecule has 0 bridgehead atoms. The molecule has 1 aromatic rings. The molecule has 0 fully saturated rings. The first-order valence-corrected chi connectivity index (χ1v) is 6.06. The fourth-order valence-electron chi connectivity index (χ4n) is 2.08. The van der Waals surface area contributed by atoms with Crippen molar-refractivity contribution in [3.8, 4) is 0 Å². The number of carbonyl (C=O) groups is 1. The normalized spacial score (nSPS) is 12.2. The smallest absolute Gasteiger partial charge is 0.337 e. The standard InChI is InChI=1S/C14H21NO2/c1-5-6-11(4)15-13-10(3)7-9(2)8-12(13)14(16)17/h7-8,11,15H,5-6H2,1-4H3,(H,16,17). The lowest BCUT2D eigenvalue weighted by Gasteiger charge is -2.19. The van der Waals surface area contributed by atoms with Crippen LogP contribution in [0.25, 0.3) is 0 Å². The van der Waals surface area contributed by atoms with Crippen molar-refractivity contribution in [3.63, 3.8) is 0 Å². The van der Waals surface area contributed by atoms with Crippen LogP contribution in [0.2, 0.25) is 0 Å². The Kier molecular flexibility index (Phi) is 4.55. The molecule has 17 heavy (non-hydrogen) atoms. The Labute approximate surface area is 103 Å². The molecule has 0 radical (unpaired) electrons. The van der Waals surface area contributed by atoms with Gasteiger partial charge in [-0.3, -0.25) is 0 Å². The van der Waals surface area contributed by atoms with Crippen molar-refractivity contribution in [2.45, 2.75) is 46.6 Å². The average molecular weight is 235 g/mol. The predicted molar refractivity (Wildman–Crippen MR) is 70.9 cm³/mol. The van der Waals surface area contributed by atoms with Crippen molar-refractivity contribution in [1.29, 1.82) is 0 Å². The lowest BCUT2D eigenvalue weighted by Crippen LogP contribution is -2.18. The van der Waals surface area contributed by atoms with Gasteiger partial charge in [0.2, 0.25) is 0 Å². The van der Waals surface area contributed by atoms with E-state index in [4.69, 9.17) is 0 Å². The van der Waals surface area contributed by atoms with Gasteiger partial charge in [0.15, 0.2) is 0 Å². The van der Waals surface area contributed by atoms with Gasteiger partial charge in [-0.05, 0) is 44.4 Å². The minimum Gasteiger partial charge on any atom is -0.478 e. The Morgan fingerprint density at radius 2 is 2.06 bits per heavy atom. The molecule has 0 aromatic heterocycles. The number of nitrogens with one attached hydrogen (secondary N) is 1. The molecule has 0 aliphatic carbocycles. The van der Waals surface area contributed by atoms with E-state index in [2.05, 4.69) is 19.2 Å². The summed E-state index contributed by atoms with van der Waals surface area (Å²) in [5.74, 6) is -0.872. The second-order valence-electron chi connectivity index (χ2n) is 4.64. The summed E-state index contributed by atoms with van der Waals surface area (Å²) in [6.45, 7) is 8.06. The van der Waals surface area contributed by atoms with E-state index in [-0.39, 0.29) is 0 Å². The van der Waals surface area contributed by atoms with Gasteiger partial charge in [0.05, 0.1) is 11.3 Å². The highest BCUT2D eigenvalue weighted by Crippen LogP contribution is 2.24. The molecule has 0 saturated carbocycles. The van der Waals surface area contributed by atoms with Gasteiger partial charge in [0, 0.05) is 6.04 Å². The molecule has 0 spiro atoms. The van der Waals surface area contributed by atoms with E-state index in [0.717, 1.165) is 29.7 Å². The largest absolute Gasteiger partial charge is 0.478 e. The number of benzene rings is 1. The average Bonchev–Trinajstić information content (AvgIpc) is 2.21. The molecule has 1 aromatic carbocycles. The zero-order valence-electron chi connectivity index (χ0n) is 11.0. The van der Waals surface area contributed by atoms with Crippen LogP contribution in [0.1, 0.15) is 48.2 Å². The van der Waals surface area contributed by atoms with Crippen molar-refractivity contribution in [2.24, 2.45) is 0 Å². The second kappa shape index (κ2) is 5.71. The van der Waals surface area contributed by atoms with Gasteiger partial charge >= 0.3 is 5.97 Å². The van der Waals surface area contributed by atoms with E-state index < -0.39 is 5.97 Å². The highest BCUT2D eigenvalue weighted by molar-refractivity contribution is 5.95. The molecule has 3 heteroatoms. The highest BCUT2D eigenvalue weighted by Gasteiger charge is 2.14. The van der Waals surface area contributed by atoms with E-state index in [9.17, 15) is 9.90 Å². The molecular formula is C14H21NO2. The van der Waals surface area contributed by atoms with Crippen molar-refractivity contribution in [1.82, 2.24) is 0 Å². The fourth-order valence-corrected chi connectivity index (χ4v) is 2.08. The number of aromatic carboxylic acids is 1. The van der Waals surface area contributed by atoms with Gasteiger partial charge in [-0.1, -0.05) is 19.4 Å². The lowest BCUT2D eigenvalue weighted by molar-refractivity contribution is 0.0697. The highest BCUT2D eigenvalue weighted by atomic mass is 16.4. The molecule has 0 heterocycles. The van der Waals surface area contributed by atoms with Crippen LogP contribution in [0.4, 0.5) is 5.69 Å². The molecule has 2 N–H and O–H groups in total. The zero-order chi connectivity index (χ0) is 13.0. The third kappa shape index (κ3) is 3.48. The van der Waals surface area contributed by atoms with E-state index in [0.29, 0.717) is 11.6 Å². The monoisotopic (exact) mass is 235 g/mol.